The van der Waals surface area contributed by atoms with Crippen molar-refractivity contribution in [1.82, 2.24) is 5.32 Å². The first-order valence-electron chi connectivity index (χ1n) is 9.02. The lowest BCUT2D eigenvalue weighted by molar-refractivity contribution is 0.157. The number of unbranched alkanes of at least 4 members (excludes halogenated alkanes) is 2. The minimum absolute atomic E-state index is 0.969. The lowest BCUT2D eigenvalue weighted by atomic mass is 9.71. The van der Waals surface area contributed by atoms with Crippen molar-refractivity contribution in [2.75, 3.05) is 13.1 Å². The summed E-state index contributed by atoms with van der Waals surface area (Å²) >= 11 is 0. The van der Waals surface area contributed by atoms with E-state index in [0.29, 0.717) is 0 Å². The van der Waals surface area contributed by atoms with Crippen LogP contribution in [-0.2, 0) is 0 Å². The Kier molecular flexibility index (Phi) is 9.59. The van der Waals surface area contributed by atoms with Crippen LogP contribution in [0.15, 0.2) is 0 Å². The average molecular weight is 268 g/mol. The summed E-state index contributed by atoms with van der Waals surface area (Å²) in [5.41, 5.74) is 0. The summed E-state index contributed by atoms with van der Waals surface area (Å²) in [7, 11) is 0. The third kappa shape index (κ3) is 6.79. The highest BCUT2D eigenvalue weighted by atomic mass is 14.9. The van der Waals surface area contributed by atoms with Crippen LogP contribution in [0.1, 0.15) is 85.0 Å². The lowest BCUT2D eigenvalue weighted by Crippen LogP contribution is -2.33. The summed E-state index contributed by atoms with van der Waals surface area (Å²) in [6.07, 6.45) is 14.4. The fourth-order valence-corrected chi connectivity index (χ4v) is 3.84. The van der Waals surface area contributed by atoms with Crippen LogP contribution < -0.4 is 5.32 Å². The fraction of sp³-hybridized carbons (Fsp3) is 1.00. The van der Waals surface area contributed by atoms with E-state index in [1.165, 1.54) is 77.3 Å². The van der Waals surface area contributed by atoms with Crippen molar-refractivity contribution >= 4 is 0 Å². The molecule has 0 heterocycles. The van der Waals surface area contributed by atoms with Gasteiger partial charge in [-0.3, -0.25) is 0 Å². The molecule has 1 rings (SSSR count). The zero-order valence-electron chi connectivity index (χ0n) is 13.7. The first-order valence-corrected chi connectivity index (χ1v) is 9.02. The van der Waals surface area contributed by atoms with Gasteiger partial charge in [0.15, 0.2) is 0 Å². The monoisotopic (exact) mass is 267 g/mol. The topological polar surface area (TPSA) is 12.0 Å². The standard InChI is InChI=1S/C18H37N/c1-4-7-8-10-17-14-16(9-5-2)11-12-18(17)15-19-13-6-3/h16-19H,4-15H2,1-3H3. The van der Waals surface area contributed by atoms with E-state index in [1.807, 2.05) is 0 Å². The molecule has 1 fully saturated rings. The maximum absolute atomic E-state index is 3.67. The molecule has 1 aliphatic rings. The largest absolute Gasteiger partial charge is 0.316 e. The van der Waals surface area contributed by atoms with Crippen LogP contribution in [0.5, 0.6) is 0 Å². The maximum atomic E-state index is 3.67. The van der Waals surface area contributed by atoms with E-state index < -0.39 is 0 Å². The van der Waals surface area contributed by atoms with Gasteiger partial charge in [0.2, 0.25) is 0 Å². The SMILES string of the molecule is CCCCCC1CC(CCC)CCC1CNCCC. The van der Waals surface area contributed by atoms with Gasteiger partial charge < -0.3 is 5.32 Å². The zero-order chi connectivity index (χ0) is 13.9. The smallest absolute Gasteiger partial charge is 0.00179 e. The van der Waals surface area contributed by atoms with Crippen LogP contribution in [0.3, 0.4) is 0 Å². The number of hydrogen-bond donors (Lipinski definition) is 1. The van der Waals surface area contributed by atoms with E-state index in [9.17, 15) is 0 Å². The van der Waals surface area contributed by atoms with Crippen LogP contribution in [-0.4, -0.2) is 13.1 Å². The highest BCUT2D eigenvalue weighted by Gasteiger charge is 2.29. The quantitative estimate of drug-likeness (QED) is 0.523. The highest BCUT2D eigenvalue weighted by Crippen LogP contribution is 2.38. The Hall–Kier alpha value is -0.0400. The van der Waals surface area contributed by atoms with Crippen LogP contribution in [0, 0.1) is 17.8 Å². The van der Waals surface area contributed by atoms with Crippen molar-refractivity contribution in [3.8, 4) is 0 Å². The van der Waals surface area contributed by atoms with E-state index in [0.717, 1.165) is 17.8 Å². The highest BCUT2D eigenvalue weighted by molar-refractivity contribution is 4.81. The van der Waals surface area contributed by atoms with Gasteiger partial charge in [-0.05, 0) is 50.1 Å². The molecule has 0 aromatic heterocycles. The van der Waals surface area contributed by atoms with Crippen molar-refractivity contribution in [2.45, 2.75) is 85.0 Å². The van der Waals surface area contributed by atoms with E-state index in [-0.39, 0.29) is 0 Å². The zero-order valence-corrected chi connectivity index (χ0v) is 13.7. The summed E-state index contributed by atoms with van der Waals surface area (Å²) in [5, 5.41) is 3.67. The molecule has 1 N–H and O–H groups in total. The molecule has 0 saturated heterocycles. The van der Waals surface area contributed by atoms with Gasteiger partial charge in [0.25, 0.3) is 0 Å². The van der Waals surface area contributed by atoms with E-state index in [4.69, 9.17) is 0 Å². The van der Waals surface area contributed by atoms with Crippen molar-refractivity contribution in [1.29, 1.82) is 0 Å². The molecule has 0 radical (unpaired) electrons. The molecule has 0 amide bonds. The van der Waals surface area contributed by atoms with Crippen LogP contribution in [0.25, 0.3) is 0 Å². The van der Waals surface area contributed by atoms with Crippen molar-refractivity contribution in [3.63, 3.8) is 0 Å². The molecule has 3 unspecified atom stereocenters. The minimum atomic E-state index is 0.969. The summed E-state index contributed by atoms with van der Waals surface area (Å²) in [6, 6.07) is 0. The van der Waals surface area contributed by atoms with Crippen LogP contribution >= 0.6 is 0 Å². The molecular weight excluding hydrogens is 230 g/mol. The maximum Gasteiger partial charge on any atom is -0.00179 e. The van der Waals surface area contributed by atoms with Gasteiger partial charge in [0, 0.05) is 0 Å². The normalized spacial score (nSPS) is 27.6. The van der Waals surface area contributed by atoms with Gasteiger partial charge in [-0.25, -0.2) is 0 Å². The molecule has 0 aromatic rings. The van der Waals surface area contributed by atoms with Gasteiger partial charge in [0.1, 0.15) is 0 Å². The summed E-state index contributed by atoms with van der Waals surface area (Å²) in [5.74, 6) is 3.02. The molecule has 0 aromatic carbocycles. The second-order valence-corrected chi connectivity index (χ2v) is 6.69. The molecule has 19 heavy (non-hydrogen) atoms. The molecule has 0 spiro atoms. The van der Waals surface area contributed by atoms with Crippen LogP contribution in [0.2, 0.25) is 0 Å². The summed E-state index contributed by atoms with van der Waals surface area (Å²) in [4.78, 5) is 0. The summed E-state index contributed by atoms with van der Waals surface area (Å²) < 4.78 is 0. The molecular formula is C18H37N. The molecule has 1 nitrogen and oxygen atoms in total. The Bertz CT molecular complexity index is 202. The first kappa shape index (κ1) is 17.0. The number of rotatable bonds is 10. The second-order valence-electron chi connectivity index (χ2n) is 6.69. The van der Waals surface area contributed by atoms with E-state index in [2.05, 4.69) is 26.1 Å². The minimum Gasteiger partial charge on any atom is -0.316 e. The predicted octanol–water partition coefficient (Wildman–Crippen LogP) is 5.40. The van der Waals surface area contributed by atoms with Crippen molar-refractivity contribution in [3.05, 3.63) is 0 Å². The molecule has 1 aliphatic carbocycles. The van der Waals surface area contributed by atoms with Crippen molar-refractivity contribution < 1.29 is 0 Å². The Morgan fingerprint density at radius 2 is 1.68 bits per heavy atom. The predicted molar refractivity (Wildman–Crippen MR) is 86.5 cm³/mol. The Balaban J connectivity index is 2.37. The third-order valence-electron chi connectivity index (χ3n) is 4.96. The van der Waals surface area contributed by atoms with Gasteiger partial charge in [-0.15, -0.1) is 0 Å². The molecule has 114 valence electrons. The van der Waals surface area contributed by atoms with Gasteiger partial charge in [-0.2, -0.15) is 0 Å². The van der Waals surface area contributed by atoms with Gasteiger partial charge in [0.05, 0.1) is 0 Å². The number of hydrogen-bond acceptors (Lipinski definition) is 1. The number of nitrogens with one attached hydrogen (secondary N) is 1. The average Bonchev–Trinajstić information content (AvgIpc) is 2.42. The summed E-state index contributed by atoms with van der Waals surface area (Å²) in [6.45, 7) is 9.42. The van der Waals surface area contributed by atoms with Gasteiger partial charge in [-0.1, -0.05) is 65.7 Å². The van der Waals surface area contributed by atoms with Crippen molar-refractivity contribution in [2.24, 2.45) is 17.8 Å². The van der Waals surface area contributed by atoms with Gasteiger partial charge >= 0.3 is 0 Å². The molecule has 0 aliphatic heterocycles. The molecule has 0 bridgehead atoms. The van der Waals surface area contributed by atoms with E-state index >= 15 is 0 Å². The molecule has 3 atom stereocenters. The molecule has 1 heteroatoms. The second kappa shape index (κ2) is 10.7. The Morgan fingerprint density at radius 3 is 2.37 bits per heavy atom. The first-order chi connectivity index (χ1) is 9.31. The fourth-order valence-electron chi connectivity index (χ4n) is 3.84. The Labute approximate surface area is 121 Å². The molecule has 1 saturated carbocycles. The van der Waals surface area contributed by atoms with E-state index in [1.54, 1.807) is 0 Å². The van der Waals surface area contributed by atoms with Crippen LogP contribution in [0.4, 0.5) is 0 Å². The lowest BCUT2D eigenvalue weighted by Gasteiger charge is -2.36. The third-order valence-corrected chi connectivity index (χ3v) is 4.96. The Morgan fingerprint density at radius 1 is 0.842 bits per heavy atom.